The molecule has 3 nitrogen and oxygen atoms in total. The van der Waals surface area contributed by atoms with Gasteiger partial charge in [-0.05, 0) is 52.1 Å². The van der Waals surface area contributed by atoms with Gasteiger partial charge in [0.05, 0.1) is 6.07 Å². The van der Waals surface area contributed by atoms with E-state index < -0.39 is 0 Å². The molecule has 1 N–H and O–H groups in total. The first-order chi connectivity index (χ1) is 8.02. The molecule has 17 heavy (non-hydrogen) atoms. The van der Waals surface area contributed by atoms with E-state index in [-0.39, 0.29) is 5.54 Å². The molecule has 0 saturated carbocycles. The van der Waals surface area contributed by atoms with Crippen LogP contribution in [0.4, 0.5) is 0 Å². The van der Waals surface area contributed by atoms with E-state index in [1.807, 2.05) is 6.92 Å². The Bertz CT molecular complexity index is 271. The molecule has 1 saturated heterocycles. The highest BCUT2D eigenvalue weighted by molar-refractivity contribution is 5.04. The maximum absolute atomic E-state index is 9.23. The Morgan fingerprint density at radius 1 is 1.47 bits per heavy atom. The van der Waals surface area contributed by atoms with Crippen molar-refractivity contribution in [3.63, 3.8) is 0 Å². The van der Waals surface area contributed by atoms with Gasteiger partial charge in [-0.25, -0.2) is 0 Å². The van der Waals surface area contributed by atoms with Crippen LogP contribution in [0.5, 0.6) is 0 Å². The van der Waals surface area contributed by atoms with Crippen molar-refractivity contribution in [3.8, 4) is 6.07 Å². The number of hydrogen-bond donors (Lipinski definition) is 1. The fourth-order valence-electron chi connectivity index (χ4n) is 2.68. The highest BCUT2D eigenvalue weighted by atomic mass is 15.2. The van der Waals surface area contributed by atoms with Crippen LogP contribution in [0.2, 0.25) is 0 Å². The largest absolute Gasteiger partial charge is 0.300 e. The van der Waals surface area contributed by atoms with E-state index in [9.17, 15) is 5.26 Å². The molecule has 0 aromatic carbocycles. The van der Waals surface area contributed by atoms with E-state index in [1.54, 1.807) is 0 Å². The van der Waals surface area contributed by atoms with Gasteiger partial charge in [-0.2, -0.15) is 5.26 Å². The summed E-state index contributed by atoms with van der Waals surface area (Å²) in [6.07, 6.45) is 3.56. The monoisotopic (exact) mass is 237 g/mol. The van der Waals surface area contributed by atoms with Crippen molar-refractivity contribution in [2.45, 2.75) is 58.5 Å². The van der Waals surface area contributed by atoms with Gasteiger partial charge in [0.25, 0.3) is 0 Å². The molecule has 3 atom stereocenters. The van der Waals surface area contributed by atoms with Gasteiger partial charge in [0.15, 0.2) is 0 Å². The zero-order chi connectivity index (χ0) is 12.9. The maximum atomic E-state index is 9.23. The van der Waals surface area contributed by atoms with Gasteiger partial charge in [0.2, 0.25) is 0 Å². The molecular weight excluding hydrogens is 210 g/mol. The van der Waals surface area contributed by atoms with E-state index in [4.69, 9.17) is 0 Å². The Labute approximate surface area is 106 Å². The molecule has 3 heteroatoms. The predicted molar refractivity (Wildman–Crippen MR) is 71.7 cm³/mol. The number of nitrogens with zero attached hydrogens (tertiary/aromatic N) is 2. The molecule has 0 bridgehead atoms. The molecule has 0 amide bonds. The highest BCUT2D eigenvalue weighted by Gasteiger charge is 2.28. The van der Waals surface area contributed by atoms with E-state index >= 15 is 0 Å². The third kappa shape index (κ3) is 3.97. The van der Waals surface area contributed by atoms with Gasteiger partial charge < -0.3 is 4.90 Å². The second kappa shape index (κ2) is 6.37. The number of nitriles is 1. The van der Waals surface area contributed by atoms with Gasteiger partial charge in [-0.1, -0.05) is 13.8 Å². The number of piperidine rings is 1. The Morgan fingerprint density at radius 2 is 2.18 bits per heavy atom. The first-order valence-electron chi connectivity index (χ1n) is 6.92. The molecule has 0 spiro atoms. The molecule has 1 rings (SSSR count). The highest BCUT2D eigenvalue weighted by Crippen LogP contribution is 2.23. The van der Waals surface area contributed by atoms with Gasteiger partial charge in [0.1, 0.15) is 5.54 Å². The topological polar surface area (TPSA) is 39.1 Å². The number of hydrogen-bond acceptors (Lipinski definition) is 3. The third-order valence-corrected chi connectivity index (χ3v) is 4.22. The summed E-state index contributed by atoms with van der Waals surface area (Å²) in [4.78, 5) is 2.54. The smallest absolute Gasteiger partial charge is 0.105 e. The van der Waals surface area contributed by atoms with Crippen molar-refractivity contribution in [1.29, 1.82) is 5.26 Å². The van der Waals surface area contributed by atoms with Crippen molar-refractivity contribution in [2.75, 3.05) is 19.6 Å². The zero-order valence-electron chi connectivity index (χ0n) is 11.8. The van der Waals surface area contributed by atoms with Crippen LogP contribution in [-0.4, -0.2) is 36.1 Å². The Kier molecular flexibility index (Phi) is 5.42. The van der Waals surface area contributed by atoms with E-state index in [0.717, 1.165) is 25.4 Å². The molecule has 98 valence electrons. The standard InChI is InChI=1S/C14H27N3/c1-5-16-14(4,11-15)8-10-17-9-6-7-12(2)13(17)3/h12-13,16H,5-10H2,1-4H3. The summed E-state index contributed by atoms with van der Waals surface area (Å²) < 4.78 is 0. The van der Waals surface area contributed by atoms with Crippen LogP contribution in [0, 0.1) is 17.2 Å². The van der Waals surface area contributed by atoms with Crippen molar-refractivity contribution >= 4 is 0 Å². The van der Waals surface area contributed by atoms with E-state index in [2.05, 4.69) is 37.1 Å². The summed E-state index contributed by atoms with van der Waals surface area (Å²) in [6, 6.07) is 3.07. The summed E-state index contributed by atoms with van der Waals surface area (Å²) in [5.41, 5.74) is -0.366. The van der Waals surface area contributed by atoms with Crippen molar-refractivity contribution < 1.29 is 0 Å². The molecule has 1 heterocycles. The van der Waals surface area contributed by atoms with Crippen LogP contribution in [-0.2, 0) is 0 Å². The Morgan fingerprint density at radius 3 is 2.76 bits per heavy atom. The summed E-state index contributed by atoms with van der Waals surface area (Å²) in [7, 11) is 0. The Hall–Kier alpha value is -0.590. The summed E-state index contributed by atoms with van der Waals surface area (Å²) >= 11 is 0. The Balaban J connectivity index is 2.46. The van der Waals surface area contributed by atoms with E-state index in [1.165, 1.54) is 19.4 Å². The van der Waals surface area contributed by atoms with Gasteiger partial charge >= 0.3 is 0 Å². The fourth-order valence-corrected chi connectivity index (χ4v) is 2.68. The average molecular weight is 237 g/mol. The number of likely N-dealkylation sites (tertiary alicyclic amines) is 1. The van der Waals surface area contributed by atoms with Crippen molar-refractivity contribution in [1.82, 2.24) is 10.2 Å². The lowest BCUT2D eigenvalue weighted by molar-refractivity contribution is 0.106. The second-order valence-corrected chi connectivity index (χ2v) is 5.62. The van der Waals surface area contributed by atoms with Crippen molar-refractivity contribution in [2.24, 2.45) is 5.92 Å². The minimum absolute atomic E-state index is 0.366. The lowest BCUT2D eigenvalue weighted by atomic mass is 9.91. The van der Waals surface area contributed by atoms with Crippen LogP contribution in [0.3, 0.4) is 0 Å². The lowest BCUT2D eigenvalue weighted by Crippen LogP contribution is -2.48. The first kappa shape index (κ1) is 14.5. The SMILES string of the molecule is CCNC(C)(C#N)CCN1CCCC(C)C1C. The van der Waals surface area contributed by atoms with Crippen LogP contribution >= 0.6 is 0 Å². The minimum Gasteiger partial charge on any atom is -0.300 e. The maximum Gasteiger partial charge on any atom is 0.105 e. The predicted octanol–water partition coefficient (Wildman–Crippen LogP) is 2.39. The lowest BCUT2D eigenvalue weighted by Gasteiger charge is -2.39. The van der Waals surface area contributed by atoms with E-state index in [0.29, 0.717) is 6.04 Å². The molecule has 1 fully saturated rings. The molecule has 1 aliphatic rings. The summed E-state index contributed by atoms with van der Waals surface area (Å²) in [5.74, 6) is 0.788. The molecule has 0 aromatic rings. The van der Waals surface area contributed by atoms with Gasteiger partial charge in [0, 0.05) is 12.6 Å². The van der Waals surface area contributed by atoms with Crippen LogP contribution < -0.4 is 5.32 Å². The molecular formula is C14H27N3. The van der Waals surface area contributed by atoms with Crippen molar-refractivity contribution in [3.05, 3.63) is 0 Å². The van der Waals surface area contributed by atoms with Crippen LogP contribution in [0.15, 0.2) is 0 Å². The molecule has 0 aliphatic carbocycles. The molecule has 0 radical (unpaired) electrons. The normalized spacial score (nSPS) is 29.6. The molecule has 3 unspecified atom stereocenters. The summed E-state index contributed by atoms with van der Waals surface area (Å²) in [6.45, 7) is 11.8. The van der Waals surface area contributed by atoms with Crippen LogP contribution in [0.1, 0.15) is 47.0 Å². The average Bonchev–Trinajstić information content (AvgIpc) is 2.31. The first-order valence-corrected chi connectivity index (χ1v) is 6.92. The zero-order valence-corrected chi connectivity index (χ0v) is 11.8. The second-order valence-electron chi connectivity index (χ2n) is 5.62. The number of rotatable bonds is 5. The molecule has 1 aliphatic heterocycles. The minimum atomic E-state index is -0.366. The fraction of sp³-hybridized carbons (Fsp3) is 0.929. The van der Waals surface area contributed by atoms with Gasteiger partial charge in [-0.15, -0.1) is 0 Å². The third-order valence-electron chi connectivity index (χ3n) is 4.22. The summed E-state index contributed by atoms with van der Waals surface area (Å²) in [5, 5.41) is 12.5. The van der Waals surface area contributed by atoms with Crippen LogP contribution in [0.25, 0.3) is 0 Å². The molecule has 0 aromatic heterocycles. The van der Waals surface area contributed by atoms with Gasteiger partial charge in [-0.3, -0.25) is 5.32 Å². The number of nitrogens with one attached hydrogen (secondary N) is 1. The quantitative estimate of drug-likeness (QED) is 0.798.